The lowest BCUT2D eigenvalue weighted by atomic mass is 10.1. The van der Waals surface area contributed by atoms with Crippen molar-refractivity contribution in [3.8, 4) is 11.5 Å². The van der Waals surface area contributed by atoms with Gasteiger partial charge in [-0.1, -0.05) is 0 Å². The van der Waals surface area contributed by atoms with Crippen molar-refractivity contribution < 1.29 is 22.6 Å². The molecule has 0 saturated heterocycles. The molecule has 102 valence electrons. The zero-order valence-electron chi connectivity index (χ0n) is 9.81. The van der Waals surface area contributed by atoms with E-state index in [1.807, 2.05) is 0 Å². The minimum atomic E-state index is -3.91. The van der Waals surface area contributed by atoms with E-state index in [1.165, 1.54) is 10.9 Å². The zero-order valence-corrected chi connectivity index (χ0v) is 9.81. The second-order valence-electron chi connectivity index (χ2n) is 4.01. The first-order valence-corrected chi connectivity index (χ1v) is 5.46. The van der Waals surface area contributed by atoms with Gasteiger partial charge < -0.3 is 9.47 Å². The normalized spacial score (nSPS) is 15.1. The van der Waals surface area contributed by atoms with E-state index in [2.05, 4.69) is 19.4 Å². The van der Waals surface area contributed by atoms with Gasteiger partial charge >= 0.3 is 6.29 Å². The number of nitrogens with zero attached hydrogens (tertiary/aromatic N) is 3. The predicted molar refractivity (Wildman–Crippen MR) is 60.2 cm³/mol. The molecule has 1 aliphatic heterocycles. The zero-order chi connectivity index (χ0) is 14.3. The smallest absolute Gasteiger partial charge is 0.407 e. The fraction of sp³-hybridized carbons (Fsp3) is 0.167. The third-order valence-corrected chi connectivity index (χ3v) is 2.69. The van der Waals surface area contributed by atoms with Crippen molar-refractivity contribution in [2.24, 2.45) is 0 Å². The number of ether oxygens (including phenoxy) is 2. The molecule has 0 fully saturated rings. The number of hydrogen-bond donors (Lipinski definition) is 0. The van der Waals surface area contributed by atoms with Crippen molar-refractivity contribution in [2.45, 2.75) is 12.8 Å². The van der Waals surface area contributed by atoms with Gasteiger partial charge in [0.1, 0.15) is 5.82 Å². The average Bonchev–Trinajstić information content (AvgIpc) is 2.96. The molecule has 0 atom stereocenters. The average molecular weight is 281 g/mol. The number of hydrogen-bond acceptors (Lipinski definition) is 3. The molecule has 0 amide bonds. The Hall–Kier alpha value is -2.69. The van der Waals surface area contributed by atoms with Crippen LogP contribution in [0.1, 0.15) is 5.56 Å². The number of benzene rings is 1. The molecule has 0 radical (unpaired) electrons. The Morgan fingerprint density at radius 2 is 2.10 bits per heavy atom. The highest BCUT2D eigenvalue weighted by Crippen LogP contribution is 2.50. The van der Waals surface area contributed by atoms with Crippen LogP contribution < -0.4 is 9.47 Å². The Morgan fingerprint density at radius 3 is 2.75 bits per heavy atom. The van der Waals surface area contributed by atoms with E-state index < -0.39 is 23.5 Å². The maximum absolute atomic E-state index is 13.8. The Kier molecular flexibility index (Phi) is 2.57. The highest BCUT2D eigenvalue weighted by molar-refractivity contribution is 5.68. The SMILES string of the molecule is [C-]#[N+]c1c(F)cc(Cn2cccn2)c2c1OC(F)(F)O2. The largest absolute Gasteiger partial charge is 0.584 e. The summed E-state index contributed by atoms with van der Waals surface area (Å²) in [7, 11) is 0. The minimum absolute atomic E-state index is 0.0178. The molecule has 0 spiro atoms. The molecule has 1 aromatic heterocycles. The lowest BCUT2D eigenvalue weighted by Gasteiger charge is -2.08. The van der Waals surface area contributed by atoms with Gasteiger partial charge in [-0.3, -0.25) is 4.68 Å². The van der Waals surface area contributed by atoms with Crippen LogP contribution in [0.25, 0.3) is 4.85 Å². The quantitative estimate of drug-likeness (QED) is 0.795. The number of aromatic nitrogens is 2. The summed E-state index contributed by atoms with van der Waals surface area (Å²) in [6.07, 6.45) is -0.828. The molecule has 1 aliphatic rings. The predicted octanol–water partition coefficient (Wildman–Crippen LogP) is 2.94. The van der Waals surface area contributed by atoms with Crippen molar-refractivity contribution in [1.29, 1.82) is 0 Å². The highest BCUT2D eigenvalue weighted by atomic mass is 19.3. The van der Waals surface area contributed by atoms with Crippen LogP contribution in [0, 0.1) is 12.4 Å². The third-order valence-electron chi connectivity index (χ3n) is 2.69. The summed E-state index contributed by atoms with van der Waals surface area (Å²) in [4.78, 5) is 2.86. The number of alkyl halides is 2. The fourth-order valence-electron chi connectivity index (χ4n) is 1.90. The van der Waals surface area contributed by atoms with Gasteiger partial charge in [0, 0.05) is 18.0 Å². The summed E-state index contributed by atoms with van der Waals surface area (Å²) in [5.41, 5.74) is -0.507. The first kappa shape index (κ1) is 12.3. The van der Waals surface area contributed by atoms with Crippen molar-refractivity contribution in [1.82, 2.24) is 9.78 Å². The number of halogens is 3. The molecule has 0 aliphatic carbocycles. The van der Waals surface area contributed by atoms with E-state index in [1.54, 1.807) is 12.3 Å². The van der Waals surface area contributed by atoms with Gasteiger partial charge in [-0.15, -0.1) is 8.78 Å². The summed E-state index contributed by atoms with van der Waals surface area (Å²) in [6, 6.07) is 2.61. The van der Waals surface area contributed by atoms with Crippen LogP contribution >= 0.6 is 0 Å². The van der Waals surface area contributed by atoms with Gasteiger partial charge in [-0.05, 0) is 12.1 Å². The van der Waals surface area contributed by atoms with Crippen LogP contribution in [0.3, 0.4) is 0 Å². The molecule has 2 aromatic rings. The van der Waals surface area contributed by atoms with Crippen molar-refractivity contribution in [3.05, 3.63) is 47.3 Å². The summed E-state index contributed by atoms with van der Waals surface area (Å²) in [5, 5.41) is 3.90. The summed E-state index contributed by atoms with van der Waals surface area (Å²) in [5.74, 6) is -1.85. The fourth-order valence-corrected chi connectivity index (χ4v) is 1.90. The Balaban J connectivity index is 2.11. The third kappa shape index (κ3) is 1.93. The van der Waals surface area contributed by atoms with Gasteiger partial charge in [0.25, 0.3) is 5.69 Å². The molecule has 20 heavy (non-hydrogen) atoms. The van der Waals surface area contributed by atoms with E-state index >= 15 is 0 Å². The monoisotopic (exact) mass is 281 g/mol. The number of rotatable bonds is 2. The van der Waals surface area contributed by atoms with Crippen LogP contribution in [0.15, 0.2) is 24.5 Å². The maximum atomic E-state index is 13.8. The van der Waals surface area contributed by atoms with E-state index in [4.69, 9.17) is 6.57 Å². The van der Waals surface area contributed by atoms with Crippen LogP contribution in [-0.4, -0.2) is 16.1 Å². The standard InChI is InChI=1S/C12H6F3N3O2/c1-16-9-8(13)5-7(6-18-4-2-3-17-18)10-11(9)20-12(14,15)19-10/h2-5H,6H2. The lowest BCUT2D eigenvalue weighted by molar-refractivity contribution is -0.286. The second-order valence-corrected chi connectivity index (χ2v) is 4.01. The molecule has 0 unspecified atom stereocenters. The number of fused-ring (bicyclic) bond motifs is 1. The summed E-state index contributed by atoms with van der Waals surface area (Å²) >= 11 is 0. The molecule has 8 heteroatoms. The van der Waals surface area contributed by atoms with Gasteiger partial charge in [-0.2, -0.15) is 5.10 Å². The van der Waals surface area contributed by atoms with Gasteiger partial charge in [0.05, 0.1) is 13.1 Å². The first-order valence-electron chi connectivity index (χ1n) is 5.46. The molecule has 2 heterocycles. The molecular formula is C12H6F3N3O2. The second kappa shape index (κ2) is 4.16. The molecule has 3 rings (SSSR count). The summed E-state index contributed by atoms with van der Waals surface area (Å²) in [6.45, 7) is 6.85. The highest BCUT2D eigenvalue weighted by Gasteiger charge is 2.46. The van der Waals surface area contributed by atoms with Gasteiger partial charge in [0.2, 0.25) is 0 Å². The Morgan fingerprint density at radius 1 is 1.35 bits per heavy atom. The topological polar surface area (TPSA) is 40.6 Å². The molecule has 1 aromatic carbocycles. The minimum Gasteiger partial charge on any atom is -0.407 e. The van der Waals surface area contributed by atoms with Crippen molar-refractivity contribution in [2.75, 3.05) is 0 Å². The molecule has 5 nitrogen and oxygen atoms in total. The van der Waals surface area contributed by atoms with Crippen LogP contribution in [0.5, 0.6) is 11.5 Å². The van der Waals surface area contributed by atoms with Gasteiger partial charge in [0.15, 0.2) is 11.5 Å². The van der Waals surface area contributed by atoms with Crippen LogP contribution in [0.4, 0.5) is 18.9 Å². The summed E-state index contributed by atoms with van der Waals surface area (Å²) < 4.78 is 50.1. The van der Waals surface area contributed by atoms with Crippen molar-refractivity contribution in [3.63, 3.8) is 0 Å². The van der Waals surface area contributed by atoms with Crippen molar-refractivity contribution >= 4 is 5.69 Å². The van der Waals surface area contributed by atoms with Crippen LogP contribution in [-0.2, 0) is 6.54 Å². The molecule has 0 saturated carbocycles. The molecule has 0 bridgehead atoms. The molecule has 0 N–H and O–H groups in total. The molecular weight excluding hydrogens is 275 g/mol. The van der Waals surface area contributed by atoms with E-state index in [0.29, 0.717) is 0 Å². The maximum Gasteiger partial charge on any atom is 0.584 e. The van der Waals surface area contributed by atoms with E-state index in [-0.39, 0.29) is 17.9 Å². The Labute approximate surface area is 111 Å². The van der Waals surface area contributed by atoms with E-state index in [0.717, 1.165) is 6.07 Å². The van der Waals surface area contributed by atoms with E-state index in [9.17, 15) is 13.2 Å². The first-order chi connectivity index (χ1) is 9.50. The van der Waals surface area contributed by atoms with Crippen LogP contribution in [0.2, 0.25) is 0 Å². The van der Waals surface area contributed by atoms with Gasteiger partial charge in [-0.25, -0.2) is 9.24 Å². The Bertz CT molecular complexity index is 708. The lowest BCUT2D eigenvalue weighted by Crippen LogP contribution is -2.26.